The highest BCUT2D eigenvalue weighted by Crippen LogP contribution is 2.66. The van der Waals surface area contributed by atoms with E-state index in [0.717, 1.165) is 12.8 Å². The summed E-state index contributed by atoms with van der Waals surface area (Å²) in [5, 5.41) is 21.3. The molecular weight excluding hydrogens is 272 g/mol. The molecule has 2 saturated carbocycles. The quantitative estimate of drug-likeness (QED) is 0.693. The van der Waals surface area contributed by atoms with Gasteiger partial charge in [0.15, 0.2) is 0 Å². The number of hydrogen-bond donors (Lipinski definition) is 2. The molecule has 122 valence electrons. The van der Waals surface area contributed by atoms with E-state index in [1.807, 2.05) is 6.08 Å². The van der Waals surface area contributed by atoms with E-state index in [4.69, 9.17) is 0 Å². The van der Waals surface area contributed by atoms with E-state index in [0.29, 0.717) is 23.5 Å². The third kappa shape index (κ3) is 2.11. The van der Waals surface area contributed by atoms with Gasteiger partial charge in [-0.05, 0) is 63.4 Å². The van der Waals surface area contributed by atoms with Crippen molar-refractivity contribution >= 4 is 0 Å². The summed E-state index contributed by atoms with van der Waals surface area (Å²) in [6.07, 6.45) is 8.46. The summed E-state index contributed by atoms with van der Waals surface area (Å²) in [6.45, 7) is 10.9. The van der Waals surface area contributed by atoms with Crippen LogP contribution in [0.15, 0.2) is 35.1 Å². The topological polar surface area (TPSA) is 40.5 Å². The molecule has 2 nitrogen and oxygen atoms in total. The van der Waals surface area contributed by atoms with Crippen LogP contribution in [-0.4, -0.2) is 16.3 Å². The van der Waals surface area contributed by atoms with Gasteiger partial charge >= 0.3 is 0 Å². The average Bonchev–Trinajstić information content (AvgIpc) is 2.62. The highest BCUT2D eigenvalue weighted by atomic mass is 16.3. The highest BCUT2D eigenvalue weighted by Gasteiger charge is 2.62. The molecule has 2 fully saturated rings. The Labute approximate surface area is 134 Å². The highest BCUT2D eigenvalue weighted by molar-refractivity contribution is 5.37. The molecule has 22 heavy (non-hydrogen) atoms. The number of hydrogen-bond acceptors (Lipinski definition) is 2. The molecule has 0 amide bonds. The second kappa shape index (κ2) is 5.26. The van der Waals surface area contributed by atoms with Crippen LogP contribution < -0.4 is 0 Å². The lowest BCUT2D eigenvalue weighted by Gasteiger charge is -2.54. The Morgan fingerprint density at radius 3 is 2.59 bits per heavy atom. The fraction of sp³-hybridized carbons (Fsp3) is 0.700. The van der Waals surface area contributed by atoms with Crippen LogP contribution >= 0.6 is 0 Å². The standard InChI is InChI=1S/C20H30O2/c1-11(2)6-15-8-13(4)16-9-17(21)14(5)19-18(22)7-12(3)10-20(15,16)19/h6-7,10,13-17,19,21-22H,8-9H2,1-5H3/t13-,14-,15-,16+,17-,19-,20+/m0/s1. The fourth-order valence-corrected chi connectivity index (χ4v) is 5.79. The minimum absolute atomic E-state index is 0.0156. The van der Waals surface area contributed by atoms with Crippen LogP contribution in [0.25, 0.3) is 0 Å². The van der Waals surface area contributed by atoms with Gasteiger partial charge in [0.1, 0.15) is 0 Å². The summed E-state index contributed by atoms with van der Waals surface area (Å²) in [4.78, 5) is 0. The molecule has 3 aliphatic rings. The summed E-state index contributed by atoms with van der Waals surface area (Å²) in [5.74, 6) is 2.14. The summed E-state index contributed by atoms with van der Waals surface area (Å²) < 4.78 is 0. The summed E-state index contributed by atoms with van der Waals surface area (Å²) in [7, 11) is 0. The van der Waals surface area contributed by atoms with Gasteiger partial charge in [0, 0.05) is 11.3 Å². The first-order chi connectivity index (χ1) is 10.3. The van der Waals surface area contributed by atoms with Crippen molar-refractivity contribution in [2.24, 2.45) is 35.0 Å². The zero-order chi connectivity index (χ0) is 16.2. The first-order valence-electron chi connectivity index (χ1n) is 8.70. The van der Waals surface area contributed by atoms with Gasteiger partial charge in [-0.15, -0.1) is 0 Å². The molecular formula is C20H30O2. The van der Waals surface area contributed by atoms with Crippen molar-refractivity contribution in [3.05, 3.63) is 35.1 Å². The molecule has 1 spiro atoms. The van der Waals surface area contributed by atoms with Crippen molar-refractivity contribution in [1.82, 2.24) is 0 Å². The van der Waals surface area contributed by atoms with Crippen molar-refractivity contribution in [2.75, 3.05) is 0 Å². The molecule has 0 heterocycles. The number of rotatable bonds is 1. The second-order valence-corrected chi connectivity index (χ2v) is 8.27. The van der Waals surface area contributed by atoms with Crippen LogP contribution in [0.1, 0.15) is 47.5 Å². The molecule has 0 aromatic rings. The predicted octanol–water partition coefficient (Wildman–Crippen LogP) is 4.63. The zero-order valence-corrected chi connectivity index (χ0v) is 14.5. The van der Waals surface area contributed by atoms with Gasteiger partial charge in [0.2, 0.25) is 0 Å². The normalized spacial score (nSPS) is 47.2. The van der Waals surface area contributed by atoms with E-state index in [9.17, 15) is 10.2 Å². The van der Waals surface area contributed by atoms with E-state index in [-0.39, 0.29) is 23.4 Å². The van der Waals surface area contributed by atoms with E-state index >= 15 is 0 Å². The monoisotopic (exact) mass is 302 g/mol. The molecule has 2 N–H and O–H groups in total. The number of aliphatic hydroxyl groups excluding tert-OH is 2. The van der Waals surface area contributed by atoms with E-state index in [1.165, 1.54) is 11.1 Å². The summed E-state index contributed by atoms with van der Waals surface area (Å²) in [6, 6.07) is 0. The molecule has 0 bridgehead atoms. The third-order valence-corrected chi connectivity index (χ3v) is 6.47. The van der Waals surface area contributed by atoms with Gasteiger partial charge in [-0.1, -0.05) is 37.1 Å². The summed E-state index contributed by atoms with van der Waals surface area (Å²) >= 11 is 0. The minimum Gasteiger partial charge on any atom is -0.512 e. The van der Waals surface area contributed by atoms with Crippen LogP contribution in [0, 0.1) is 35.0 Å². The second-order valence-electron chi connectivity index (χ2n) is 8.27. The first kappa shape index (κ1) is 15.9. The Morgan fingerprint density at radius 1 is 1.27 bits per heavy atom. The Hall–Kier alpha value is -1.02. The number of allylic oxidation sites excluding steroid dienone is 6. The fourth-order valence-electron chi connectivity index (χ4n) is 5.79. The van der Waals surface area contributed by atoms with Gasteiger partial charge < -0.3 is 10.2 Å². The lowest BCUT2D eigenvalue weighted by atomic mass is 9.51. The van der Waals surface area contributed by atoms with Gasteiger partial charge in [-0.25, -0.2) is 0 Å². The molecule has 0 radical (unpaired) electrons. The third-order valence-electron chi connectivity index (χ3n) is 6.47. The van der Waals surface area contributed by atoms with Crippen molar-refractivity contribution in [2.45, 2.75) is 53.6 Å². The largest absolute Gasteiger partial charge is 0.512 e. The van der Waals surface area contributed by atoms with E-state index in [2.05, 4.69) is 46.8 Å². The van der Waals surface area contributed by atoms with Gasteiger partial charge in [-0.3, -0.25) is 0 Å². The van der Waals surface area contributed by atoms with Gasteiger partial charge in [0.05, 0.1) is 11.9 Å². The van der Waals surface area contributed by atoms with Crippen molar-refractivity contribution < 1.29 is 10.2 Å². The lowest BCUT2D eigenvalue weighted by Crippen LogP contribution is -2.52. The summed E-state index contributed by atoms with van der Waals surface area (Å²) in [5.41, 5.74) is 2.51. The molecule has 3 aliphatic carbocycles. The Kier molecular flexibility index (Phi) is 3.79. The van der Waals surface area contributed by atoms with Crippen molar-refractivity contribution in [3.63, 3.8) is 0 Å². The molecule has 0 aromatic carbocycles. The minimum atomic E-state index is -0.307. The average molecular weight is 302 g/mol. The molecule has 7 atom stereocenters. The number of aliphatic hydroxyl groups is 2. The maximum atomic E-state index is 10.7. The predicted molar refractivity (Wildman–Crippen MR) is 90.4 cm³/mol. The van der Waals surface area contributed by atoms with E-state index < -0.39 is 0 Å². The molecule has 0 unspecified atom stereocenters. The SMILES string of the molecule is CC(C)=C[C@H]1C[C@H](C)[C@H]2C[C@H](O)[C@H](C)[C@H]3C(O)=CC(C)=C[C@@]231. The van der Waals surface area contributed by atoms with Crippen LogP contribution in [0.3, 0.4) is 0 Å². The molecule has 2 heteroatoms. The Bertz CT molecular complexity index is 552. The maximum absolute atomic E-state index is 10.7. The zero-order valence-electron chi connectivity index (χ0n) is 14.5. The van der Waals surface area contributed by atoms with Crippen LogP contribution in [-0.2, 0) is 0 Å². The van der Waals surface area contributed by atoms with Crippen LogP contribution in [0.5, 0.6) is 0 Å². The van der Waals surface area contributed by atoms with E-state index in [1.54, 1.807) is 0 Å². The lowest BCUT2D eigenvalue weighted by molar-refractivity contribution is -0.0648. The van der Waals surface area contributed by atoms with Crippen molar-refractivity contribution in [3.8, 4) is 0 Å². The molecule has 3 rings (SSSR count). The first-order valence-corrected chi connectivity index (χ1v) is 8.70. The van der Waals surface area contributed by atoms with Gasteiger partial charge in [0.25, 0.3) is 0 Å². The van der Waals surface area contributed by atoms with Crippen LogP contribution in [0.4, 0.5) is 0 Å². The molecule has 0 aromatic heterocycles. The smallest absolute Gasteiger partial charge is 0.0968 e. The Morgan fingerprint density at radius 2 is 1.95 bits per heavy atom. The van der Waals surface area contributed by atoms with Gasteiger partial charge in [-0.2, -0.15) is 0 Å². The molecule has 0 aliphatic heterocycles. The molecule has 0 saturated heterocycles. The maximum Gasteiger partial charge on any atom is 0.0968 e. The Balaban J connectivity index is 2.18. The van der Waals surface area contributed by atoms with Crippen LogP contribution in [0.2, 0.25) is 0 Å². The van der Waals surface area contributed by atoms with Crippen molar-refractivity contribution in [1.29, 1.82) is 0 Å².